The summed E-state index contributed by atoms with van der Waals surface area (Å²) in [7, 11) is 1.65. The molecule has 18 heavy (non-hydrogen) atoms. The standard InChI is InChI=1S/C14H20O4/c1-14(2,9-15)11-5-4-10(8-16-3)12-13(11)18-7-6-17-12/h4-5,15H,6-9H2,1-3H3. The van der Waals surface area contributed by atoms with Crippen LogP contribution in [0.4, 0.5) is 0 Å². The summed E-state index contributed by atoms with van der Waals surface area (Å²) in [5.41, 5.74) is 1.60. The van der Waals surface area contributed by atoms with Gasteiger partial charge in [0.05, 0.1) is 13.2 Å². The maximum atomic E-state index is 9.50. The zero-order valence-electron chi connectivity index (χ0n) is 11.2. The molecule has 1 aromatic carbocycles. The highest BCUT2D eigenvalue weighted by Gasteiger charge is 2.29. The fraction of sp³-hybridized carbons (Fsp3) is 0.571. The molecule has 2 rings (SSSR count). The highest BCUT2D eigenvalue weighted by molar-refractivity contribution is 5.55. The first-order valence-electron chi connectivity index (χ1n) is 6.12. The average Bonchev–Trinajstić information content (AvgIpc) is 2.39. The molecular weight excluding hydrogens is 232 g/mol. The fourth-order valence-corrected chi connectivity index (χ4v) is 2.08. The molecular formula is C14H20O4. The number of aliphatic hydroxyl groups is 1. The molecule has 1 heterocycles. The first-order chi connectivity index (χ1) is 8.60. The summed E-state index contributed by atoms with van der Waals surface area (Å²) in [6.07, 6.45) is 0. The molecule has 1 aliphatic rings. The summed E-state index contributed by atoms with van der Waals surface area (Å²) in [5.74, 6) is 1.50. The third kappa shape index (κ3) is 2.31. The molecule has 4 nitrogen and oxygen atoms in total. The van der Waals surface area contributed by atoms with Crippen molar-refractivity contribution >= 4 is 0 Å². The summed E-state index contributed by atoms with van der Waals surface area (Å²) in [4.78, 5) is 0. The number of fused-ring (bicyclic) bond motifs is 1. The van der Waals surface area contributed by atoms with E-state index in [9.17, 15) is 5.11 Å². The lowest BCUT2D eigenvalue weighted by Gasteiger charge is -2.30. The molecule has 0 amide bonds. The second-order valence-corrected chi connectivity index (χ2v) is 5.10. The van der Waals surface area contributed by atoms with E-state index in [1.165, 1.54) is 0 Å². The Labute approximate surface area is 107 Å². The number of ether oxygens (including phenoxy) is 3. The van der Waals surface area contributed by atoms with Gasteiger partial charge in [-0.1, -0.05) is 26.0 Å². The number of rotatable bonds is 4. The Kier molecular flexibility index (Phi) is 3.78. The van der Waals surface area contributed by atoms with Crippen molar-refractivity contribution in [1.82, 2.24) is 0 Å². The van der Waals surface area contributed by atoms with E-state index < -0.39 is 0 Å². The van der Waals surface area contributed by atoms with E-state index in [0.717, 1.165) is 22.6 Å². The van der Waals surface area contributed by atoms with Crippen LogP contribution in [0.2, 0.25) is 0 Å². The van der Waals surface area contributed by atoms with Crippen molar-refractivity contribution < 1.29 is 19.3 Å². The molecule has 0 spiro atoms. The van der Waals surface area contributed by atoms with Gasteiger partial charge in [0.25, 0.3) is 0 Å². The Morgan fingerprint density at radius 3 is 2.50 bits per heavy atom. The molecule has 0 atom stereocenters. The van der Waals surface area contributed by atoms with E-state index in [1.807, 2.05) is 26.0 Å². The molecule has 4 heteroatoms. The lowest BCUT2D eigenvalue weighted by Crippen LogP contribution is -2.26. The minimum atomic E-state index is -0.351. The summed E-state index contributed by atoms with van der Waals surface area (Å²) >= 11 is 0. The van der Waals surface area contributed by atoms with Crippen LogP contribution in [0.5, 0.6) is 11.5 Å². The smallest absolute Gasteiger partial charge is 0.167 e. The number of hydrogen-bond donors (Lipinski definition) is 1. The molecule has 0 saturated carbocycles. The Morgan fingerprint density at radius 1 is 1.22 bits per heavy atom. The molecule has 0 aliphatic carbocycles. The highest BCUT2D eigenvalue weighted by atomic mass is 16.6. The Bertz CT molecular complexity index is 426. The number of aliphatic hydroxyl groups excluding tert-OH is 1. The first kappa shape index (κ1) is 13.2. The van der Waals surface area contributed by atoms with E-state index in [1.54, 1.807) is 7.11 Å². The lowest BCUT2D eigenvalue weighted by molar-refractivity contribution is 0.147. The normalized spacial score (nSPS) is 14.7. The Morgan fingerprint density at radius 2 is 1.89 bits per heavy atom. The number of methoxy groups -OCH3 is 1. The van der Waals surface area contributed by atoms with Crippen LogP contribution in [-0.4, -0.2) is 32.0 Å². The van der Waals surface area contributed by atoms with Crippen LogP contribution in [0.25, 0.3) is 0 Å². The molecule has 0 saturated heterocycles. The van der Waals surface area contributed by atoms with Crippen molar-refractivity contribution in [3.63, 3.8) is 0 Å². The number of benzene rings is 1. The van der Waals surface area contributed by atoms with Crippen LogP contribution in [-0.2, 0) is 16.8 Å². The fourth-order valence-electron chi connectivity index (χ4n) is 2.08. The van der Waals surface area contributed by atoms with Crippen LogP contribution in [0.3, 0.4) is 0 Å². The first-order valence-corrected chi connectivity index (χ1v) is 6.12. The van der Waals surface area contributed by atoms with Gasteiger partial charge in [-0.05, 0) is 0 Å². The maximum Gasteiger partial charge on any atom is 0.167 e. The SMILES string of the molecule is COCc1ccc(C(C)(C)CO)c2c1OCCO2. The van der Waals surface area contributed by atoms with Crippen molar-refractivity contribution in [3.05, 3.63) is 23.3 Å². The van der Waals surface area contributed by atoms with Crippen molar-refractivity contribution in [2.24, 2.45) is 0 Å². The zero-order valence-corrected chi connectivity index (χ0v) is 11.2. The van der Waals surface area contributed by atoms with Gasteiger partial charge in [0, 0.05) is 23.7 Å². The van der Waals surface area contributed by atoms with Gasteiger partial charge in [-0.25, -0.2) is 0 Å². The molecule has 0 radical (unpaired) electrons. The minimum absolute atomic E-state index is 0.0619. The molecule has 0 aromatic heterocycles. The van der Waals surface area contributed by atoms with Crippen molar-refractivity contribution in [2.75, 3.05) is 26.9 Å². The van der Waals surface area contributed by atoms with E-state index in [4.69, 9.17) is 14.2 Å². The third-order valence-electron chi connectivity index (χ3n) is 3.19. The van der Waals surface area contributed by atoms with Crippen molar-refractivity contribution in [3.8, 4) is 11.5 Å². The minimum Gasteiger partial charge on any atom is -0.486 e. The molecule has 100 valence electrons. The van der Waals surface area contributed by atoms with Gasteiger partial charge in [-0.15, -0.1) is 0 Å². The van der Waals surface area contributed by atoms with Crippen LogP contribution in [0.15, 0.2) is 12.1 Å². The lowest BCUT2D eigenvalue weighted by atomic mass is 9.84. The van der Waals surface area contributed by atoms with Gasteiger partial charge in [-0.3, -0.25) is 0 Å². The topological polar surface area (TPSA) is 47.9 Å². The highest BCUT2D eigenvalue weighted by Crippen LogP contribution is 2.42. The monoisotopic (exact) mass is 252 g/mol. The second kappa shape index (κ2) is 5.16. The zero-order chi connectivity index (χ0) is 13.2. The summed E-state index contributed by atoms with van der Waals surface area (Å²) in [5, 5.41) is 9.50. The predicted octanol–water partition coefficient (Wildman–Crippen LogP) is 1.87. The van der Waals surface area contributed by atoms with Gasteiger partial charge in [0.1, 0.15) is 13.2 Å². The van der Waals surface area contributed by atoms with Crippen molar-refractivity contribution in [1.29, 1.82) is 0 Å². The Balaban J connectivity index is 2.50. The average molecular weight is 252 g/mol. The molecule has 0 bridgehead atoms. The third-order valence-corrected chi connectivity index (χ3v) is 3.19. The van der Waals surface area contributed by atoms with Gasteiger partial charge in [0.15, 0.2) is 11.5 Å². The summed E-state index contributed by atoms with van der Waals surface area (Å²) < 4.78 is 16.6. The largest absolute Gasteiger partial charge is 0.486 e. The van der Waals surface area contributed by atoms with E-state index in [0.29, 0.717) is 19.8 Å². The van der Waals surface area contributed by atoms with Crippen LogP contribution in [0.1, 0.15) is 25.0 Å². The van der Waals surface area contributed by atoms with Crippen molar-refractivity contribution in [2.45, 2.75) is 25.9 Å². The summed E-state index contributed by atoms with van der Waals surface area (Å²) in [6, 6.07) is 3.96. The van der Waals surface area contributed by atoms with Crippen LogP contribution < -0.4 is 9.47 Å². The molecule has 1 aromatic rings. The van der Waals surface area contributed by atoms with Gasteiger partial charge >= 0.3 is 0 Å². The molecule has 0 fully saturated rings. The molecule has 1 N–H and O–H groups in total. The molecule has 1 aliphatic heterocycles. The van der Waals surface area contributed by atoms with Gasteiger partial charge in [0.2, 0.25) is 0 Å². The maximum absolute atomic E-state index is 9.50. The predicted molar refractivity (Wildman–Crippen MR) is 68.3 cm³/mol. The van der Waals surface area contributed by atoms with E-state index in [-0.39, 0.29) is 12.0 Å². The van der Waals surface area contributed by atoms with Crippen LogP contribution in [0, 0.1) is 0 Å². The van der Waals surface area contributed by atoms with Crippen LogP contribution >= 0.6 is 0 Å². The summed E-state index contributed by atoms with van der Waals surface area (Å²) in [6.45, 7) is 5.61. The molecule has 0 unspecified atom stereocenters. The Hall–Kier alpha value is -1.26. The second-order valence-electron chi connectivity index (χ2n) is 5.10. The van der Waals surface area contributed by atoms with Gasteiger partial charge < -0.3 is 19.3 Å². The van der Waals surface area contributed by atoms with Gasteiger partial charge in [-0.2, -0.15) is 0 Å². The van der Waals surface area contributed by atoms with E-state index >= 15 is 0 Å². The quantitative estimate of drug-likeness (QED) is 0.888. The number of hydrogen-bond acceptors (Lipinski definition) is 4. The van der Waals surface area contributed by atoms with E-state index in [2.05, 4.69) is 0 Å².